The molecular weight excluding hydrogens is 216 g/mol. The topological polar surface area (TPSA) is 41.6 Å². The van der Waals surface area contributed by atoms with Gasteiger partial charge in [0.1, 0.15) is 0 Å². The molecule has 2 fully saturated rings. The lowest BCUT2D eigenvalue weighted by molar-refractivity contribution is -0.145. The molecule has 4 nitrogen and oxygen atoms in total. The van der Waals surface area contributed by atoms with Crippen molar-refractivity contribution in [3.63, 3.8) is 0 Å². The standard InChI is InChI=1S/C13H24N2O2/c1-3-14-13(10-12(16)17-4-2)7-9-15-8-5-6-11(13)15/h11,14H,3-10H2,1-2H3. The summed E-state index contributed by atoms with van der Waals surface area (Å²) in [7, 11) is 0. The highest BCUT2D eigenvalue weighted by Crippen LogP contribution is 2.38. The second-order valence-corrected chi connectivity index (χ2v) is 5.11. The van der Waals surface area contributed by atoms with E-state index in [2.05, 4.69) is 17.1 Å². The summed E-state index contributed by atoms with van der Waals surface area (Å²) in [5, 5.41) is 3.58. The Bertz CT molecular complexity index is 279. The lowest BCUT2D eigenvalue weighted by atomic mass is 9.85. The van der Waals surface area contributed by atoms with Crippen LogP contribution in [0.4, 0.5) is 0 Å². The summed E-state index contributed by atoms with van der Waals surface area (Å²) in [6.07, 6.45) is 4.08. The number of ether oxygens (including phenoxy) is 1. The van der Waals surface area contributed by atoms with Crippen molar-refractivity contribution >= 4 is 5.97 Å². The van der Waals surface area contributed by atoms with Gasteiger partial charge in [0, 0.05) is 18.1 Å². The number of nitrogens with zero attached hydrogens (tertiary/aromatic N) is 1. The second kappa shape index (κ2) is 5.36. The smallest absolute Gasteiger partial charge is 0.307 e. The maximum atomic E-state index is 11.8. The van der Waals surface area contributed by atoms with Crippen LogP contribution in [-0.2, 0) is 9.53 Å². The van der Waals surface area contributed by atoms with Gasteiger partial charge in [0.25, 0.3) is 0 Å². The minimum atomic E-state index is -0.0535. The van der Waals surface area contributed by atoms with Gasteiger partial charge in [-0.1, -0.05) is 6.92 Å². The van der Waals surface area contributed by atoms with Crippen LogP contribution >= 0.6 is 0 Å². The minimum absolute atomic E-state index is 0.0303. The monoisotopic (exact) mass is 240 g/mol. The average molecular weight is 240 g/mol. The molecule has 2 unspecified atom stereocenters. The van der Waals surface area contributed by atoms with Gasteiger partial charge in [-0.3, -0.25) is 9.69 Å². The van der Waals surface area contributed by atoms with E-state index in [1.807, 2.05) is 6.92 Å². The summed E-state index contributed by atoms with van der Waals surface area (Å²) >= 11 is 0. The van der Waals surface area contributed by atoms with Gasteiger partial charge in [0.15, 0.2) is 0 Å². The first-order chi connectivity index (χ1) is 8.22. The molecule has 4 heteroatoms. The summed E-state index contributed by atoms with van der Waals surface area (Å²) in [5.41, 5.74) is -0.0303. The molecular formula is C13H24N2O2. The molecule has 17 heavy (non-hydrogen) atoms. The number of fused-ring (bicyclic) bond motifs is 1. The van der Waals surface area contributed by atoms with Crippen molar-refractivity contribution in [1.29, 1.82) is 0 Å². The van der Waals surface area contributed by atoms with Gasteiger partial charge in [-0.15, -0.1) is 0 Å². The zero-order chi connectivity index (χ0) is 12.3. The molecule has 0 aromatic heterocycles. The molecule has 2 aliphatic heterocycles. The van der Waals surface area contributed by atoms with E-state index in [9.17, 15) is 4.79 Å². The summed E-state index contributed by atoms with van der Waals surface area (Å²) in [6, 6.07) is 0.534. The molecule has 0 radical (unpaired) electrons. The number of nitrogens with one attached hydrogen (secondary N) is 1. The van der Waals surface area contributed by atoms with E-state index in [1.165, 1.54) is 19.4 Å². The Labute approximate surface area is 104 Å². The van der Waals surface area contributed by atoms with Crippen molar-refractivity contribution in [2.45, 2.75) is 51.1 Å². The summed E-state index contributed by atoms with van der Waals surface area (Å²) in [4.78, 5) is 14.3. The van der Waals surface area contributed by atoms with Gasteiger partial charge in [0.2, 0.25) is 0 Å². The Morgan fingerprint density at radius 2 is 2.29 bits per heavy atom. The van der Waals surface area contributed by atoms with Crippen LogP contribution in [0.25, 0.3) is 0 Å². The first kappa shape index (κ1) is 12.8. The number of likely N-dealkylation sites (N-methyl/N-ethyl adjacent to an activating group) is 1. The highest BCUT2D eigenvalue weighted by atomic mass is 16.5. The van der Waals surface area contributed by atoms with Crippen LogP contribution in [-0.4, -0.2) is 48.7 Å². The average Bonchev–Trinajstić information content (AvgIpc) is 2.84. The molecule has 0 saturated carbocycles. The number of carbonyl (C=O) groups excluding carboxylic acids is 1. The molecule has 2 atom stereocenters. The molecule has 0 amide bonds. The van der Waals surface area contributed by atoms with Crippen molar-refractivity contribution in [2.24, 2.45) is 0 Å². The third kappa shape index (κ3) is 2.47. The van der Waals surface area contributed by atoms with Gasteiger partial charge in [-0.05, 0) is 39.3 Å². The van der Waals surface area contributed by atoms with Gasteiger partial charge >= 0.3 is 5.97 Å². The molecule has 0 aromatic carbocycles. The van der Waals surface area contributed by atoms with Crippen LogP contribution in [0.15, 0.2) is 0 Å². The quantitative estimate of drug-likeness (QED) is 0.732. The maximum Gasteiger partial charge on any atom is 0.307 e. The molecule has 0 aromatic rings. The normalized spacial score (nSPS) is 32.7. The molecule has 0 bridgehead atoms. The van der Waals surface area contributed by atoms with E-state index >= 15 is 0 Å². The number of hydrogen-bond acceptors (Lipinski definition) is 4. The number of esters is 1. The Morgan fingerprint density at radius 3 is 3.00 bits per heavy atom. The first-order valence-electron chi connectivity index (χ1n) is 6.86. The van der Waals surface area contributed by atoms with E-state index in [0.717, 1.165) is 19.5 Å². The van der Waals surface area contributed by atoms with Crippen LogP contribution in [0.1, 0.15) is 39.5 Å². The van der Waals surface area contributed by atoms with Crippen molar-refractivity contribution in [3.05, 3.63) is 0 Å². The molecule has 2 saturated heterocycles. The highest BCUT2D eigenvalue weighted by Gasteiger charge is 2.49. The van der Waals surface area contributed by atoms with Gasteiger partial charge in [-0.2, -0.15) is 0 Å². The van der Waals surface area contributed by atoms with E-state index in [0.29, 0.717) is 19.1 Å². The molecule has 0 spiro atoms. The maximum absolute atomic E-state index is 11.8. The summed E-state index contributed by atoms with van der Waals surface area (Å²) in [6.45, 7) is 7.70. The number of rotatable bonds is 5. The predicted octanol–water partition coefficient (Wildman–Crippen LogP) is 1.16. The number of hydrogen-bond donors (Lipinski definition) is 1. The Balaban J connectivity index is 2.06. The Hall–Kier alpha value is -0.610. The lowest BCUT2D eigenvalue weighted by Gasteiger charge is -2.35. The van der Waals surface area contributed by atoms with Crippen molar-refractivity contribution in [1.82, 2.24) is 10.2 Å². The van der Waals surface area contributed by atoms with Crippen LogP contribution in [0.3, 0.4) is 0 Å². The SMILES string of the molecule is CCNC1(CC(=O)OCC)CCN2CCCC21. The van der Waals surface area contributed by atoms with E-state index in [-0.39, 0.29) is 11.5 Å². The van der Waals surface area contributed by atoms with Crippen LogP contribution in [0, 0.1) is 0 Å². The van der Waals surface area contributed by atoms with E-state index in [4.69, 9.17) is 4.74 Å². The second-order valence-electron chi connectivity index (χ2n) is 5.11. The van der Waals surface area contributed by atoms with Crippen molar-refractivity contribution in [3.8, 4) is 0 Å². The van der Waals surface area contributed by atoms with Crippen LogP contribution in [0.5, 0.6) is 0 Å². The van der Waals surface area contributed by atoms with Crippen LogP contribution in [0.2, 0.25) is 0 Å². The first-order valence-corrected chi connectivity index (χ1v) is 6.86. The predicted molar refractivity (Wildman–Crippen MR) is 66.9 cm³/mol. The molecule has 2 heterocycles. The number of carbonyl (C=O) groups is 1. The van der Waals surface area contributed by atoms with Gasteiger partial charge < -0.3 is 10.1 Å². The fourth-order valence-corrected chi connectivity index (χ4v) is 3.53. The zero-order valence-corrected chi connectivity index (χ0v) is 11.0. The van der Waals surface area contributed by atoms with E-state index < -0.39 is 0 Å². The van der Waals surface area contributed by atoms with Crippen molar-refractivity contribution in [2.75, 3.05) is 26.2 Å². The minimum Gasteiger partial charge on any atom is -0.466 e. The molecule has 1 N–H and O–H groups in total. The molecule has 0 aliphatic carbocycles. The van der Waals surface area contributed by atoms with Crippen molar-refractivity contribution < 1.29 is 9.53 Å². The molecule has 2 rings (SSSR count). The van der Waals surface area contributed by atoms with Gasteiger partial charge in [-0.25, -0.2) is 0 Å². The largest absolute Gasteiger partial charge is 0.466 e. The fraction of sp³-hybridized carbons (Fsp3) is 0.923. The third-order valence-corrected chi connectivity index (χ3v) is 4.14. The van der Waals surface area contributed by atoms with Crippen LogP contribution < -0.4 is 5.32 Å². The molecule has 2 aliphatic rings. The lowest BCUT2D eigenvalue weighted by Crippen LogP contribution is -2.54. The Morgan fingerprint density at radius 1 is 1.47 bits per heavy atom. The van der Waals surface area contributed by atoms with Gasteiger partial charge in [0.05, 0.1) is 13.0 Å². The zero-order valence-electron chi connectivity index (χ0n) is 11.0. The highest BCUT2D eigenvalue weighted by molar-refractivity contribution is 5.71. The fourth-order valence-electron chi connectivity index (χ4n) is 3.53. The summed E-state index contributed by atoms with van der Waals surface area (Å²) < 4.78 is 5.13. The van der Waals surface area contributed by atoms with E-state index in [1.54, 1.807) is 0 Å². The summed E-state index contributed by atoms with van der Waals surface area (Å²) in [5.74, 6) is -0.0535. The third-order valence-electron chi connectivity index (χ3n) is 4.14. The Kier molecular flexibility index (Phi) is 4.05. The molecule has 98 valence electrons.